The second-order valence-corrected chi connectivity index (χ2v) is 5.73. The average molecular weight is 358 g/mol. The Balaban J connectivity index is 1.89. The van der Waals surface area contributed by atoms with Crippen LogP contribution in [0.1, 0.15) is 28.8 Å². The van der Waals surface area contributed by atoms with Crippen LogP contribution < -0.4 is 5.73 Å². The third-order valence-corrected chi connectivity index (χ3v) is 3.95. The first-order valence-electron chi connectivity index (χ1n) is 7.60. The van der Waals surface area contributed by atoms with E-state index in [1.807, 2.05) is 0 Å². The van der Waals surface area contributed by atoms with Gasteiger partial charge in [0.15, 0.2) is 6.61 Å². The molecule has 6 nitrogen and oxygen atoms in total. The van der Waals surface area contributed by atoms with Gasteiger partial charge in [-0.15, -0.1) is 0 Å². The zero-order valence-electron chi connectivity index (χ0n) is 13.2. The van der Waals surface area contributed by atoms with E-state index in [2.05, 4.69) is 0 Å². The van der Waals surface area contributed by atoms with Gasteiger partial charge in [-0.25, -0.2) is 4.79 Å². The van der Waals surface area contributed by atoms with Crippen LogP contribution in [0.2, 0.25) is 0 Å². The van der Waals surface area contributed by atoms with Crippen LogP contribution in [0.4, 0.5) is 13.2 Å². The molecule has 1 aliphatic heterocycles. The number of esters is 1. The Morgan fingerprint density at radius 2 is 1.84 bits per heavy atom. The standard InChI is InChI=1S/C16H17F3N2O4/c17-16(18,19)12-5-3-10(4-6-12)15(24)25-9-13(22)21-7-1-2-11(8-21)14(20)23/h3-6,11H,1-2,7-9H2,(H2,20,23)/t11-/m0/s1. The molecule has 2 rings (SSSR count). The number of benzene rings is 1. The lowest BCUT2D eigenvalue weighted by Gasteiger charge is -2.31. The highest BCUT2D eigenvalue weighted by atomic mass is 19.4. The molecule has 1 aromatic rings. The molecule has 25 heavy (non-hydrogen) atoms. The van der Waals surface area contributed by atoms with Crippen molar-refractivity contribution in [3.63, 3.8) is 0 Å². The first-order valence-corrected chi connectivity index (χ1v) is 7.60. The van der Waals surface area contributed by atoms with E-state index in [-0.39, 0.29) is 12.1 Å². The lowest BCUT2D eigenvalue weighted by Crippen LogP contribution is -2.45. The lowest BCUT2D eigenvalue weighted by molar-refractivity contribution is -0.138. The van der Waals surface area contributed by atoms with E-state index < -0.39 is 42.0 Å². The SMILES string of the molecule is NC(=O)[C@H]1CCCN(C(=O)COC(=O)c2ccc(C(F)(F)F)cc2)C1. The topological polar surface area (TPSA) is 89.7 Å². The van der Waals surface area contributed by atoms with Crippen LogP contribution in [0.5, 0.6) is 0 Å². The number of nitrogens with zero attached hydrogens (tertiary/aromatic N) is 1. The van der Waals surface area contributed by atoms with E-state index in [9.17, 15) is 27.6 Å². The molecule has 1 heterocycles. The summed E-state index contributed by atoms with van der Waals surface area (Å²) in [6.07, 6.45) is -3.28. The molecule has 0 bridgehead atoms. The number of likely N-dealkylation sites (tertiary alicyclic amines) is 1. The van der Waals surface area contributed by atoms with Gasteiger partial charge in [0, 0.05) is 13.1 Å². The number of alkyl halides is 3. The molecule has 0 unspecified atom stereocenters. The van der Waals surface area contributed by atoms with Crippen molar-refractivity contribution in [2.75, 3.05) is 19.7 Å². The van der Waals surface area contributed by atoms with Crippen molar-refractivity contribution in [2.45, 2.75) is 19.0 Å². The van der Waals surface area contributed by atoms with Crippen molar-refractivity contribution in [1.29, 1.82) is 0 Å². The number of amides is 2. The van der Waals surface area contributed by atoms with Gasteiger partial charge in [0.05, 0.1) is 17.0 Å². The van der Waals surface area contributed by atoms with Gasteiger partial charge >= 0.3 is 12.1 Å². The number of hydrogen-bond acceptors (Lipinski definition) is 4. The predicted molar refractivity (Wildman–Crippen MR) is 80.2 cm³/mol. The summed E-state index contributed by atoms with van der Waals surface area (Å²) in [5.41, 5.74) is 4.26. The summed E-state index contributed by atoms with van der Waals surface area (Å²) < 4.78 is 42.2. The number of hydrogen-bond donors (Lipinski definition) is 1. The van der Waals surface area contributed by atoms with E-state index in [0.717, 1.165) is 24.3 Å². The molecule has 1 saturated heterocycles. The number of nitrogens with two attached hydrogens (primary N) is 1. The first kappa shape index (κ1) is 18.8. The number of piperidine rings is 1. The summed E-state index contributed by atoms with van der Waals surface area (Å²) in [5.74, 6) is -2.29. The van der Waals surface area contributed by atoms with Gasteiger partial charge in [-0.3, -0.25) is 9.59 Å². The van der Waals surface area contributed by atoms with Crippen molar-refractivity contribution in [2.24, 2.45) is 11.7 Å². The molecule has 1 aliphatic rings. The van der Waals surface area contributed by atoms with Gasteiger partial charge in [0.2, 0.25) is 5.91 Å². The predicted octanol–water partition coefficient (Wildman–Crippen LogP) is 1.59. The zero-order valence-corrected chi connectivity index (χ0v) is 13.2. The summed E-state index contributed by atoms with van der Waals surface area (Å²) in [4.78, 5) is 36.4. The first-order chi connectivity index (χ1) is 11.7. The Labute approximate surface area is 141 Å². The minimum Gasteiger partial charge on any atom is -0.452 e. The molecule has 0 aromatic heterocycles. The fourth-order valence-corrected chi connectivity index (χ4v) is 2.53. The van der Waals surface area contributed by atoms with E-state index in [1.165, 1.54) is 4.90 Å². The van der Waals surface area contributed by atoms with Crippen LogP contribution in [-0.2, 0) is 20.5 Å². The Hall–Kier alpha value is -2.58. The molecule has 0 radical (unpaired) electrons. The normalized spacial score (nSPS) is 17.9. The molecule has 0 spiro atoms. The maximum Gasteiger partial charge on any atom is 0.416 e. The molecule has 2 N–H and O–H groups in total. The van der Waals surface area contributed by atoms with Crippen molar-refractivity contribution < 1.29 is 32.3 Å². The average Bonchev–Trinajstić information content (AvgIpc) is 2.58. The summed E-state index contributed by atoms with van der Waals surface area (Å²) >= 11 is 0. The third kappa shape index (κ3) is 4.94. The fraction of sp³-hybridized carbons (Fsp3) is 0.438. The Morgan fingerprint density at radius 3 is 2.40 bits per heavy atom. The third-order valence-electron chi connectivity index (χ3n) is 3.95. The molecular weight excluding hydrogens is 341 g/mol. The molecule has 1 aromatic carbocycles. The Morgan fingerprint density at radius 1 is 1.20 bits per heavy atom. The van der Waals surface area contributed by atoms with Crippen LogP contribution in [0.25, 0.3) is 0 Å². The Bertz CT molecular complexity index is 658. The number of ether oxygens (including phenoxy) is 1. The molecule has 2 amide bonds. The summed E-state index contributed by atoms with van der Waals surface area (Å²) in [6, 6.07) is 3.50. The minimum atomic E-state index is -4.50. The summed E-state index contributed by atoms with van der Waals surface area (Å²) in [7, 11) is 0. The largest absolute Gasteiger partial charge is 0.452 e. The van der Waals surface area contributed by atoms with Crippen LogP contribution in [0.3, 0.4) is 0 Å². The quantitative estimate of drug-likeness (QED) is 0.828. The van der Waals surface area contributed by atoms with E-state index >= 15 is 0 Å². The maximum absolute atomic E-state index is 12.5. The van der Waals surface area contributed by atoms with Gasteiger partial charge in [-0.2, -0.15) is 13.2 Å². The minimum absolute atomic E-state index is 0.0885. The highest BCUT2D eigenvalue weighted by molar-refractivity contribution is 5.91. The number of carbonyl (C=O) groups excluding carboxylic acids is 3. The number of halogens is 3. The molecule has 136 valence electrons. The second-order valence-electron chi connectivity index (χ2n) is 5.73. The molecule has 9 heteroatoms. The number of rotatable bonds is 4. The Kier molecular flexibility index (Phi) is 5.66. The molecule has 1 fully saturated rings. The van der Waals surface area contributed by atoms with Gasteiger partial charge < -0.3 is 15.4 Å². The van der Waals surface area contributed by atoms with E-state index in [4.69, 9.17) is 10.5 Å². The van der Waals surface area contributed by atoms with Crippen LogP contribution >= 0.6 is 0 Å². The monoisotopic (exact) mass is 358 g/mol. The van der Waals surface area contributed by atoms with Crippen molar-refractivity contribution >= 4 is 17.8 Å². The van der Waals surface area contributed by atoms with Crippen LogP contribution in [-0.4, -0.2) is 42.4 Å². The molecule has 0 aliphatic carbocycles. The highest BCUT2D eigenvalue weighted by Crippen LogP contribution is 2.29. The fourth-order valence-electron chi connectivity index (χ4n) is 2.53. The summed E-state index contributed by atoms with van der Waals surface area (Å²) in [6.45, 7) is 0.0534. The van der Waals surface area contributed by atoms with E-state index in [0.29, 0.717) is 19.4 Å². The van der Waals surface area contributed by atoms with Crippen molar-refractivity contribution in [3.05, 3.63) is 35.4 Å². The van der Waals surface area contributed by atoms with E-state index in [1.54, 1.807) is 0 Å². The van der Waals surface area contributed by atoms with Gasteiger partial charge in [0.1, 0.15) is 0 Å². The zero-order chi connectivity index (χ0) is 18.6. The smallest absolute Gasteiger partial charge is 0.416 e. The molecule has 0 saturated carbocycles. The molecule has 1 atom stereocenters. The van der Waals surface area contributed by atoms with Crippen molar-refractivity contribution in [1.82, 2.24) is 4.90 Å². The van der Waals surface area contributed by atoms with Crippen molar-refractivity contribution in [3.8, 4) is 0 Å². The van der Waals surface area contributed by atoms with Crippen LogP contribution in [0, 0.1) is 5.92 Å². The van der Waals surface area contributed by atoms with Gasteiger partial charge in [-0.1, -0.05) is 0 Å². The van der Waals surface area contributed by atoms with Gasteiger partial charge in [0.25, 0.3) is 5.91 Å². The second kappa shape index (κ2) is 7.54. The molecular formula is C16H17F3N2O4. The summed E-state index contributed by atoms with van der Waals surface area (Å²) in [5, 5.41) is 0. The number of primary amides is 1. The van der Waals surface area contributed by atoms with Gasteiger partial charge in [-0.05, 0) is 37.1 Å². The maximum atomic E-state index is 12.5. The lowest BCUT2D eigenvalue weighted by atomic mass is 9.97. The highest BCUT2D eigenvalue weighted by Gasteiger charge is 2.30. The van der Waals surface area contributed by atoms with Crippen LogP contribution in [0.15, 0.2) is 24.3 Å². The number of carbonyl (C=O) groups is 3.